The number of carbonyl (C=O) groups is 1. The van der Waals surface area contributed by atoms with Crippen LogP contribution < -0.4 is 10.2 Å². The van der Waals surface area contributed by atoms with E-state index in [2.05, 4.69) is 10.5 Å². The molecular formula is C14H15N3O2. The Hall–Kier alpha value is -2.35. The highest BCUT2D eigenvalue weighted by Gasteiger charge is 2.09. The molecule has 0 aromatic heterocycles. The van der Waals surface area contributed by atoms with Crippen LogP contribution in [0.5, 0.6) is 5.75 Å². The second-order valence-electron chi connectivity index (χ2n) is 4.32. The molecule has 0 radical (unpaired) electrons. The molecular weight excluding hydrogens is 242 g/mol. The topological polar surface area (TPSA) is 74.5 Å². The Morgan fingerprint density at radius 1 is 1.37 bits per heavy atom. The largest absolute Gasteiger partial charge is 0.482 e. The summed E-state index contributed by atoms with van der Waals surface area (Å²) >= 11 is 0. The summed E-state index contributed by atoms with van der Waals surface area (Å²) in [6.45, 7) is -0.143. The van der Waals surface area contributed by atoms with E-state index in [0.29, 0.717) is 11.3 Å². The summed E-state index contributed by atoms with van der Waals surface area (Å²) in [5.41, 5.74) is 3.92. The van der Waals surface area contributed by atoms with E-state index in [9.17, 15) is 4.79 Å². The summed E-state index contributed by atoms with van der Waals surface area (Å²) in [5, 5.41) is 12.9. The Balaban J connectivity index is 1.83. The Bertz CT molecular complexity index is 524. The molecule has 2 rings (SSSR count). The van der Waals surface area contributed by atoms with Crippen LogP contribution in [-0.2, 0) is 4.79 Å². The van der Waals surface area contributed by atoms with Crippen LogP contribution in [0.1, 0.15) is 31.2 Å². The zero-order valence-corrected chi connectivity index (χ0v) is 10.6. The highest BCUT2D eigenvalue weighted by atomic mass is 16.5. The smallest absolute Gasteiger partial charge is 0.277 e. The van der Waals surface area contributed by atoms with Crippen LogP contribution in [0.15, 0.2) is 29.4 Å². The maximum atomic E-state index is 11.5. The third kappa shape index (κ3) is 3.81. The van der Waals surface area contributed by atoms with Gasteiger partial charge in [0.25, 0.3) is 5.91 Å². The standard InChI is InChI=1S/C14H15N3O2/c15-9-11-5-1-4-8-13(11)19-10-14(18)17-16-12-6-2-3-7-12/h1,4-5,8H,2-3,6-7,10H2,(H,17,18). The molecule has 0 saturated heterocycles. The molecule has 5 heteroatoms. The van der Waals surface area contributed by atoms with Gasteiger partial charge in [-0.15, -0.1) is 0 Å². The van der Waals surface area contributed by atoms with Gasteiger partial charge < -0.3 is 4.74 Å². The minimum absolute atomic E-state index is 0.143. The van der Waals surface area contributed by atoms with Crippen molar-refractivity contribution in [1.82, 2.24) is 5.43 Å². The highest BCUT2D eigenvalue weighted by Crippen LogP contribution is 2.16. The maximum absolute atomic E-state index is 11.5. The summed E-state index contributed by atoms with van der Waals surface area (Å²) in [4.78, 5) is 11.5. The number of ether oxygens (including phenoxy) is 1. The lowest BCUT2D eigenvalue weighted by molar-refractivity contribution is -0.123. The van der Waals surface area contributed by atoms with Crippen molar-refractivity contribution in [3.8, 4) is 11.8 Å². The fourth-order valence-corrected chi connectivity index (χ4v) is 1.90. The van der Waals surface area contributed by atoms with Crippen molar-refractivity contribution in [1.29, 1.82) is 5.26 Å². The van der Waals surface area contributed by atoms with E-state index >= 15 is 0 Å². The van der Waals surface area contributed by atoms with Gasteiger partial charge >= 0.3 is 0 Å². The number of nitrogens with zero attached hydrogens (tertiary/aromatic N) is 2. The molecule has 0 heterocycles. The number of para-hydroxylation sites is 1. The monoisotopic (exact) mass is 257 g/mol. The lowest BCUT2D eigenvalue weighted by Crippen LogP contribution is -2.25. The number of amides is 1. The minimum Gasteiger partial charge on any atom is -0.482 e. The Kier molecular flexibility index (Phi) is 4.51. The molecule has 0 bridgehead atoms. The van der Waals surface area contributed by atoms with Crippen LogP contribution in [0, 0.1) is 11.3 Å². The first-order valence-electron chi connectivity index (χ1n) is 6.26. The van der Waals surface area contributed by atoms with E-state index < -0.39 is 0 Å². The van der Waals surface area contributed by atoms with Gasteiger partial charge in [0.2, 0.25) is 0 Å². The molecule has 19 heavy (non-hydrogen) atoms. The number of hydrogen-bond acceptors (Lipinski definition) is 4. The second-order valence-corrected chi connectivity index (χ2v) is 4.32. The molecule has 5 nitrogen and oxygen atoms in total. The van der Waals surface area contributed by atoms with Gasteiger partial charge in [-0.1, -0.05) is 12.1 Å². The van der Waals surface area contributed by atoms with E-state index in [0.717, 1.165) is 31.4 Å². The third-order valence-corrected chi connectivity index (χ3v) is 2.89. The molecule has 0 atom stereocenters. The SMILES string of the molecule is N#Cc1ccccc1OCC(=O)NN=C1CCCC1. The average Bonchev–Trinajstić information content (AvgIpc) is 2.96. The fourth-order valence-electron chi connectivity index (χ4n) is 1.90. The summed E-state index contributed by atoms with van der Waals surface area (Å²) in [6, 6.07) is 8.82. The predicted molar refractivity (Wildman–Crippen MR) is 70.7 cm³/mol. The quantitative estimate of drug-likeness (QED) is 0.838. The van der Waals surface area contributed by atoms with E-state index in [4.69, 9.17) is 10.00 Å². The van der Waals surface area contributed by atoms with Gasteiger partial charge in [0, 0.05) is 5.71 Å². The molecule has 98 valence electrons. The summed E-state index contributed by atoms with van der Waals surface area (Å²) in [7, 11) is 0. The lowest BCUT2D eigenvalue weighted by Gasteiger charge is -2.06. The van der Waals surface area contributed by atoms with Crippen LogP contribution in [-0.4, -0.2) is 18.2 Å². The third-order valence-electron chi connectivity index (χ3n) is 2.89. The van der Waals surface area contributed by atoms with Crippen LogP contribution in [0.3, 0.4) is 0 Å². The number of hydrogen-bond donors (Lipinski definition) is 1. The average molecular weight is 257 g/mol. The van der Waals surface area contributed by atoms with Crippen LogP contribution in [0.25, 0.3) is 0 Å². The van der Waals surface area contributed by atoms with Gasteiger partial charge in [0.1, 0.15) is 11.8 Å². The number of carbonyl (C=O) groups excluding carboxylic acids is 1. The van der Waals surface area contributed by atoms with Crippen molar-refractivity contribution in [3.63, 3.8) is 0 Å². The number of nitrogens with one attached hydrogen (secondary N) is 1. The molecule has 0 spiro atoms. The Morgan fingerprint density at radius 2 is 2.11 bits per heavy atom. The van der Waals surface area contributed by atoms with Crippen molar-refractivity contribution >= 4 is 11.6 Å². The van der Waals surface area contributed by atoms with Gasteiger partial charge in [-0.3, -0.25) is 4.79 Å². The maximum Gasteiger partial charge on any atom is 0.277 e. The molecule has 1 aromatic rings. The number of hydrazone groups is 1. The highest BCUT2D eigenvalue weighted by molar-refractivity contribution is 5.87. The van der Waals surface area contributed by atoms with Crippen molar-refractivity contribution < 1.29 is 9.53 Å². The molecule has 1 amide bonds. The molecule has 1 fully saturated rings. The Labute approximate surface area is 111 Å². The minimum atomic E-state index is -0.313. The number of nitriles is 1. The molecule has 1 aromatic carbocycles. The van der Waals surface area contributed by atoms with Crippen LogP contribution in [0.4, 0.5) is 0 Å². The number of rotatable bonds is 4. The zero-order valence-electron chi connectivity index (χ0n) is 10.6. The van der Waals surface area contributed by atoms with Crippen LogP contribution >= 0.6 is 0 Å². The normalized spacial score (nSPS) is 13.7. The van der Waals surface area contributed by atoms with Crippen molar-refractivity contribution in [2.75, 3.05) is 6.61 Å². The van der Waals surface area contributed by atoms with Crippen LogP contribution in [0.2, 0.25) is 0 Å². The summed E-state index contributed by atoms with van der Waals surface area (Å²) < 4.78 is 5.30. The first kappa shape index (κ1) is 13.1. The number of benzene rings is 1. The predicted octanol–water partition coefficient (Wildman–Crippen LogP) is 1.98. The van der Waals surface area contributed by atoms with Gasteiger partial charge in [-0.25, -0.2) is 5.43 Å². The van der Waals surface area contributed by atoms with Gasteiger partial charge in [0.05, 0.1) is 5.56 Å². The molecule has 1 N–H and O–H groups in total. The van der Waals surface area contributed by atoms with E-state index in [1.807, 2.05) is 6.07 Å². The zero-order chi connectivity index (χ0) is 13.5. The first-order chi connectivity index (χ1) is 9.29. The Morgan fingerprint density at radius 3 is 2.84 bits per heavy atom. The first-order valence-corrected chi connectivity index (χ1v) is 6.26. The second kappa shape index (κ2) is 6.55. The molecule has 1 saturated carbocycles. The summed E-state index contributed by atoms with van der Waals surface area (Å²) in [6.07, 6.45) is 4.19. The van der Waals surface area contributed by atoms with Crippen molar-refractivity contribution in [2.24, 2.45) is 5.10 Å². The molecule has 1 aliphatic carbocycles. The van der Waals surface area contributed by atoms with E-state index in [1.54, 1.807) is 24.3 Å². The molecule has 1 aliphatic rings. The summed E-state index contributed by atoms with van der Waals surface area (Å²) in [5.74, 6) is 0.0980. The van der Waals surface area contributed by atoms with Gasteiger partial charge in [0.15, 0.2) is 6.61 Å². The van der Waals surface area contributed by atoms with E-state index in [1.165, 1.54) is 0 Å². The van der Waals surface area contributed by atoms with Crippen molar-refractivity contribution in [2.45, 2.75) is 25.7 Å². The lowest BCUT2D eigenvalue weighted by atomic mass is 10.2. The van der Waals surface area contributed by atoms with Crippen molar-refractivity contribution in [3.05, 3.63) is 29.8 Å². The van der Waals surface area contributed by atoms with Gasteiger partial charge in [-0.05, 0) is 37.8 Å². The van der Waals surface area contributed by atoms with Gasteiger partial charge in [-0.2, -0.15) is 10.4 Å². The molecule has 0 unspecified atom stereocenters. The fraction of sp³-hybridized carbons (Fsp3) is 0.357. The van der Waals surface area contributed by atoms with E-state index in [-0.39, 0.29) is 12.5 Å². The molecule has 0 aliphatic heterocycles.